The minimum Gasteiger partial charge on any atom is -0.310 e. The summed E-state index contributed by atoms with van der Waals surface area (Å²) < 4.78 is 0. The maximum atomic E-state index is 3.75. The van der Waals surface area contributed by atoms with Gasteiger partial charge in [0.1, 0.15) is 0 Å². The van der Waals surface area contributed by atoms with Gasteiger partial charge >= 0.3 is 0 Å². The Morgan fingerprint density at radius 1 is 1.22 bits per heavy atom. The van der Waals surface area contributed by atoms with Crippen molar-refractivity contribution in [3.63, 3.8) is 0 Å². The summed E-state index contributed by atoms with van der Waals surface area (Å²) in [5.74, 6) is 2.96. The third-order valence-electron chi connectivity index (χ3n) is 5.04. The van der Waals surface area contributed by atoms with Crippen LogP contribution in [-0.2, 0) is 0 Å². The van der Waals surface area contributed by atoms with E-state index in [4.69, 9.17) is 0 Å². The Hall–Kier alpha value is -0.820. The summed E-state index contributed by atoms with van der Waals surface area (Å²) in [7, 11) is 0. The van der Waals surface area contributed by atoms with Gasteiger partial charge in [-0.05, 0) is 62.1 Å². The van der Waals surface area contributed by atoms with E-state index in [1.165, 1.54) is 30.4 Å². The number of nitrogens with one attached hydrogen (secondary N) is 1. The van der Waals surface area contributed by atoms with Crippen LogP contribution in [-0.4, -0.2) is 6.54 Å². The molecule has 0 heterocycles. The maximum Gasteiger partial charge on any atom is 0.0356 e. The molecule has 3 unspecified atom stereocenters. The van der Waals surface area contributed by atoms with Crippen molar-refractivity contribution in [3.8, 4) is 0 Å². The van der Waals surface area contributed by atoms with Crippen molar-refractivity contribution < 1.29 is 0 Å². The van der Waals surface area contributed by atoms with E-state index in [0.29, 0.717) is 6.04 Å². The van der Waals surface area contributed by atoms with E-state index in [1.54, 1.807) is 5.56 Å². The van der Waals surface area contributed by atoms with E-state index in [0.717, 1.165) is 24.3 Å². The molecule has 0 spiro atoms. The SMILES string of the molecule is CCNC(c1ccc(C)cc1C)C1C2CCCC21. The highest BCUT2D eigenvalue weighted by molar-refractivity contribution is 5.34. The first kappa shape index (κ1) is 12.2. The van der Waals surface area contributed by atoms with Gasteiger partial charge in [-0.1, -0.05) is 37.1 Å². The van der Waals surface area contributed by atoms with Crippen molar-refractivity contribution >= 4 is 0 Å². The normalized spacial score (nSPS) is 31.2. The van der Waals surface area contributed by atoms with E-state index >= 15 is 0 Å². The van der Waals surface area contributed by atoms with E-state index in [-0.39, 0.29) is 0 Å². The van der Waals surface area contributed by atoms with Gasteiger partial charge in [0.25, 0.3) is 0 Å². The largest absolute Gasteiger partial charge is 0.310 e. The highest BCUT2D eigenvalue weighted by Gasteiger charge is 2.55. The average molecular weight is 243 g/mol. The lowest BCUT2D eigenvalue weighted by molar-refractivity contribution is 0.424. The molecule has 1 N–H and O–H groups in total. The monoisotopic (exact) mass is 243 g/mol. The zero-order valence-electron chi connectivity index (χ0n) is 11.9. The summed E-state index contributed by atoms with van der Waals surface area (Å²) >= 11 is 0. The Kier molecular flexibility index (Phi) is 3.19. The molecule has 1 heteroatoms. The number of aryl methyl sites for hydroxylation is 2. The second kappa shape index (κ2) is 4.70. The van der Waals surface area contributed by atoms with Crippen LogP contribution >= 0.6 is 0 Å². The lowest BCUT2D eigenvalue weighted by Crippen LogP contribution is -2.25. The molecule has 1 aromatic rings. The summed E-state index contributed by atoms with van der Waals surface area (Å²) in [4.78, 5) is 0. The van der Waals surface area contributed by atoms with Crippen LogP contribution in [0.1, 0.15) is 48.9 Å². The molecule has 2 fully saturated rings. The van der Waals surface area contributed by atoms with E-state index in [9.17, 15) is 0 Å². The molecule has 98 valence electrons. The molecule has 2 aliphatic rings. The molecule has 1 aromatic carbocycles. The Labute approximate surface area is 111 Å². The van der Waals surface area contributed by atoms with Gasteiger partial charge in [-0.15, -0.1) is 0 Å². The number of benzene rings is 1. The van der Waals surface area contributed by atoms with Gasteiger partial charge in [0.2, 0.25) is 0 Å². The van der Waals surface area contributed by atoms with Crippen LogP contribution < -0.4 is 5.32 Å². The van der Waals surface area contributed by atoms with Crippen LogP contribution in [0.4, 0.5) is 0 Å². The van der Waals surface area contributed by atoms with Gasteiger partial charge in [-0.3, -0.25) is 0 Å². The second-order valence-electron chi connectivity index (χ2n) is 6.23. The van der Waals surface area contributed by atoms with Crippen LogP contribution in [0.25, 0.3) is 0 Å². The molecule has 0 bridgehead atoms. The van der Waals surface area contributed by atoms with Crippen molar-refractivity contribution in [3.05, 3.63) is 34.9 Å². The fraction of sp³-hybridized carbons (Fsp3) is 0.647. The lowest BCUT2D eigenvalue weighted by Gasteiger charge is -2.22. The van der Waals surface area contributed by atoms with E-state index in [1.807, 2.05) is 0 Å². The van der Waals surface area contributed by atoms with Gasteiger partial charge in [0.15, 0.2) is 0 Å². The molecular formula is C17H25N. The maximum absolute atomic E-state index is 3.75. The number of hydrogen-bond donors (Lipinski definition) is 1. The van der Waals surface area contributed by atoms with Gasteiger partial charge in [0.05, 0.1) is 0 Å². The number of hydrogen-bond acceptors (Lipinski definition) is 1. The summed E-state index contributed by atoms with van der Waals surface area (Å²) in [5, 5.41) is 3.75. The molecule has 1 nitrogen and oxygen atoms in total. The van der Waals surface area contributed by atoms with E-state index < -0.39 is 0 Å². The second-order valence-corrected chi connectivity index (χ2v) is 6.23. The Morgan fingerprint density at radius 2 is 1.94 bits per heavy atom. The number of fused-ring (bicyclic) bond motifs is 1. The van der Waals surface area contributed by atoms with Crippen LogP contribution in [0.3, 0.4) is 0 Å². The third kappa shape index (κ3) is 1.99. The van der Waals surface area contributed by atoms with Gasteiger partial charge < -0.3 is 5.32 Å². The molecule has 0 aromatic heterocycles. The molecule has 18 heavy (non-hydrogen) atoms. The Morgan fingerprint density at radius 3 is 2.56 bits per heavy atom. The molecule has 0 radical (unpaired) electrons. The quantitative estimate of drug-likeness (QED) is 0.843. The van der Waals surface area contributed by atoms with Crippen LogP contribution in [0.2, 0.25) is 0 Å². The topological polar surface area (TPSA) is 12.0 Å². The Bertz CT molecular complexity index is 427. The standard InChI is InChI=1S/C17H25N/c1-4-18-17(16-14-6-5-7-15(14)16)13-9-8-11(2)10-12(13)3/h8-10,14-18H,4-7H2,1-3H3. The molecule has 0 aliphatic heterocycles. The zero-order chi connectivity index (χ0) is 12.7. The molecular weight excluding hydrogens is 218 g/mol. The van der Waals surface area contributed by atoms with Crippen molar-refractivity contribution in [2.45, 2.75) is 46.1 Å². The molecule has 3 rings (SSSR count). The first-order valence-corrected chi connectivity index (χ1v) is 7.53. The minimum absolute atomic E-state index is 0.603. The van der Waals surface area contributed by atoms with Gasteiger partial charge in [0, 0.05) is 6.04 Å². The smallest absolute Gasteiger partial charge is 0.0356 e. The Balaban J connectivity index is 1.85. The fourth-order valence-corrected chi connectivity index (χ4v) is 4.22. The third-order valence-corrected chi connectivity index (χ3v) is 5.04. The molecule has 2 saturated carbocycles. The van der Waals surface area contributed by atoms with E-state index in [2.05, 4.69) is 44.3 Å². The average Bonchev–Trinajstić information content (AvgIpc) is 2.80. The highest BCUT2D eigenvalue weighted by atomic mass is 14.9. The van der Waals surface area contributed by atoms with Crippen molar-refractivity contribution in [1.82, 2.24) is 5.32 Å². The summed E-state index contributed by atoms with van der Waals surface area (Å²) in [6.07, 6.45) is 4.42. The van der Waals surface area contributed by atoms with Crippen LogP contribution in [0.5, 0.6) is 0 Å². The van der Waals surface area contributed by atoms with Gasteiger partial charge in [-0.2, -0.15) is 0 Å². The first-order valence-electron chi connectivity index (χ1n) is 7.53. The lowest BCUT2D eigenvalue weighted by atomic mass is 9.92. The summed E-state index contributed by atoms with van der Waals surface area (Å²) in [6.45, 7) is 7.76. The van der Waals surface area contributed by atoms with Gasteiger partial charge in [-0.25, -0.2) is 0 Å². The molecule has 0 amide bonds. The fourth-order valence-electron chi connectivity index (χ4n) is 4.22. The highest BCUT2D eigenvalue weighted by Crippen LogP contribution is 2.62. The summed E-state index contributed by atoms with van der Waals surface area (Å²) in [6, 6.07) is 7.56. The van der Waals surface area contributed by atoms with Crippen LogP contribution in [0, 0.1) is 31.6 Å². The van der Waals surface area contributed by atoms with Crippen molar-refractivity contribution in [2.24, 2.45) is 17.8 Å². The summed E-state index contributed by atoms with van der Waals surface area (Å²) in [5.41, 5.74) is 4.38. The zero-order valence-corrected chi connectivity index (χ0v) is 11.9. The number of rotatable bonds is 4. The predicted molar refractivity (Wildman–Crippen MR) is 76.7 cm³/mol. The molecule has 0 saturated heterocycles. The molecule has 2 aliphatic carbocycles. The van der Waals surface area contributed by atoms with Crippen molar-refractivity contribution in [1.29, 1.82) is 0 Å². The first-order chi connectivity index (χ1) is 8.72. The molecule has 3 atom stereocenters. The van der Waals surface area contributed by atoms with Crippen molar-refractivity contribution in [2.75, 3.05) is 6.54 Å². The minimum atomic E-state index is 0.603. The van der Waals surface area contributed by atoms with Crippen LogP contribution in [0.15, 0.2) is 18.2 Å². The predicted octanol–water partition coefficient (Wildman–Crippen LogP) is 4.00.